The molecule has 1 amide bonds. The molecule has 0 heterocycles. The van der Waals surface area contributed by atoms with E-state index in [1.54, 1.807) is 34.5 Å². The molecule has 1 atom stereocenters. The molecule has 5 aromatic rings. The van der Waals surface area contributed by atoms with Gasteiger partial charge in [0.05, 0.1) is 18.0 Å². The van der Waals surface area contributed by atoms with E-state index in [9.17, 15) is 13.8 Å². The van der Waals surface area contributed by atoms with Gasteiger partial charge in [-0.2, -0.15) is 0 Å². The summed E-state index contributed by atoms with van der Waals surface area (Å²) in [6.45, 7) is 12.8. The predicted molar refractivity (Wildman–Crippen MR) is 209 cm³/mol. The van der Waals surface area contributed by atoms with Crippen molar-refractivity contribution in [2.75, 3.05) is 18.5 Å². The number of rotatable bonds is 13. The zero-order chi connectivity index (χ0) is 37.4. The van der Waals surface area contributed by atoms with Gasteiger partial charge in [0, 0.05) is 18.8 Å². The van der Waals surface area contributed by atoms with Crippen LogP contribution in [0.5, 0.6) is 5.75 Å². The molecule has 0 saturated heterocycles. The number of aryl methyl sites for hydroxylation is 3. The van der Waals surface area contributed by atoms with Crippen molar-refractivity contribution in [1.82, 2.24) is 4.31 Å². The van der Waals surface area contributed by atoms with Gasteiger partial charge in [-0.15, -0.1) is 0 Å². The van der Waals surface area contributed by atoms with Gasteiger partial charge in [-0.05, 0) is 71.7 Å². The lowest BCUT2D eigenvalue weighted by Gasteiger charge is -2.27. The second kappa shape index (κ2) is 17.0. The van der Waals surface area contributed by atoms with Crippen LogP contribution in [0.25, 0.3) is 0 Å². The molecule has 52 heavy (non-hydrogen) atoms. The average molecular weight is 717 g/mol. The summed E-state index contributed by atoms with van der Waals surface area (Å²) in [4.78, 5) is 30.2. The summed E-state index contributed by atoms with van der Waals surface area (Å²) in [5, 5.41) is 0. The van der Waals surface area contributed by atoms with Crippen molar-refractivity contribution in [3.63, 3.8) is 0 Å². The number of nitrogens with zero attached hydrogens (tertiary/aromatic N) is 2. The molecular formula is C44H48N2O5S. The van der Waals surface area contributed by atoms with Crippen molar-refractivity contribution in [2.45, 2.75) is 71.6 Å². The molecule has 7 nitrogen and oxygen atoms in total. The monoisotopic (exact) mass is 716 g/mol. The highest BCUT2D eigenvalue weighted by molar-refractivity contribution is 7.82. The standard InChI is InChI=1S/C44H48N2O5S/c1-31-24-32(2)42(33(3)25-31)52(49)45(7)28-41(47)46(27-34-18-20-37(21-19-34)44(4,5)6)38-22-23-39(43(48)51-30-36-16-12-9-13-17-36)40(26-38)50-29-35-14-10-8-11-15-35/h8-26H,27-30H2,1-7H3. The molecule has 5 rings (SSSR count). The molecule has 8 heteroatoms. The summed E-state index contributed by atoms with van der Waals surface area (Å²) < 4.78 is 27.4. The number of likely N-dealkylation sites (N-methyl/N-ethyl adjacent to an activating group) is 1. The minimum atomic E-state index is -1.57. The van der Waals surface area contributed by atoms with Crippen LogP contribution < -0.4 is 9.64 Å². The van der Waals surface area contributed by atoms with E-state index >= 15 is 0 Å². The topological polar surface area (TPSA) is 76.2 Å². The van der Waals surface area contributed by atoms with Crippen LogP contribution in [0.1, 0.15) is 70.1 Å². The zero-order valence-corrected chi connectivity index (χ0v) is 32.0. The Hall–Kier alpha value is -5.05. The highest BCUT2D eigenvalue weighted by atomic mass is 32.2. The van der Waals surface area contributed by atoms with E-state index in [4.69, 9.17) is 9.47 Å². The summed E-state index contributed by atoms with van der Waals surface area (Å²) >= 11 is 0. The average Bonchev–Trinajstić information content (AvgIpc) is 3.12. The Labute approximate surface area is 310 Å². The quantitative estimate of drug-likeness (QED) is 0.114. The highest BCUT2D eigenvalue weighted by Gasteiger charge is 2.25. The minimum Gasteiger partial charge on any atom is -0.488 e. The van der Waals surface area contributed by atoms with Crippen molar-refractivity contribution in [3.05, 3.63) is 160 Å². The smallest absolute Gasteiger partial charge is 0.342 e. The van der Waals surface area contributed by atoms with Crippen LogP contribution in [-0.4, -0.2) is 34.0 Å². The van der Waals surface area contributed by atoms with Crippen LogP contribution in [-0.2, 0) is 45.7 Å². The molecule has 0 spiro atoms. The fourth-order valence-corrected chi connectivity index (χ4v) is 7.26. The number of carbonyl (C=O) groups is 2. The predicted octanol–water partition coefficient (Wildman–Crippen LogP) is 9.03. The Morgan fingerprint density at radius 1 is 0.712 bits per heavy atom. The fourth-order valence-electron chi connectivity index (χ4n) is 6.05. The van der Waals surface area contributed by atoms with Gasteiger partial charge in [-0.25, -0.2) is 13.3 Å². The second-order valence-corrected chi connectivity index (χ2v) is 15.7. The molecule has 1 unspecified atom stereocenters. The Morgan fingerprint density at radius 2 is 1.29 bits per heavy atom. The third kappa shape index (κ3) is 9.84. The number of esters is 1. The van der Waals surface area contributed by atoms with Gasteiger partial charge < -0.3 is 14.4 Å². The number of anilines is 1. The van der Waals surface area contributed by atoms with Crippen LogP contribution in [0.3, 0.4) is 0 Å². The van der Waals surface area contributed by atoms with Crippen molar-refractivity contribution >= 4 is 28.5 Å². The molecule has 0 fully saturated rings. The lowest BCUT2D eigenvalue weighted by Crippen LogP contribution is -2.39. The van der Waals surface area contributed by atoms with Gasteiger partial charge in [-0.1, -0.05) is 123 Å². The number of hydrogen-bond donors (Lipinski definition) is 0. The SMILES string of the molecule is Cc1cc(C)c(S(=O)N(C)CC(=O)N(Cc2ccc(C(C)(C)C)cc2)c2ccc(C(=O)OCc3ccccc3)c(OCc3ccccc3)c2)c(C)c1. The lowest BCUT2D eigenvalue weighted by molar-refractivity contribution is -0.118. The van der Waals surface area contributed by atoms with Gasteiger partial charge in [0.2, 0.25) is 5.91 Å². The fraction of sp³-hybridized carbons (Fsp3) is 0.273. The van der Waals surface area contributed by atoms with Crippen molar-refractivity contribution in [1.29, 1.82) is 0 Å². The van der Waals surface area contributed by atoms with Gasteiger partial charge in [0.25, 0.3) is 0 Å². The zero-order valence-electron chi connectivity index (χ0n) is 31.1. The van der Waals surface area contributed by atoms with Gasteiger partial charge in [0.15, 0.2) is 0 Å². The summed E-state index contributed by atoms with van der Waals surface area (Å²) in [6, 6.07) is 36.5. The third-order valence-corrected chi connectivity index (χ3v) is 10.5. The summed E-state index contributed by atoms with van der Waals surface area (Å²) in [5.41, 5.74) is 7.59. The Morgan fingerprint density at radius 3 is 1.87 bits per heavy atom. The molecule has 0 aliphatic rings. The van der Waals surface area contributed by atoms with E-state index in [1.165, 1.54) is 5.56 Å². The van der Waals surface area contributed by atoms with E-state index in [2.05, 4.69) is 32.9 Å². The Balaban J connectivity index is 1.49. The summed E-state index contributed by atoms with van der Waals surface area (Å²) in [5.74, 6) is -0.497. The first kappa shape index (κ1) is 38.2. The van der Waals surface area contributed by atoms with E-state index in [0.717, 1.165) is 33.4 Å². The maximum absolute atomic E-state index is 14.3. The molecule has 0 saturated carbocycles. The summed E-state index contributed by atoms with van der Waals surface area (Å²) in [6.07, 6.45) is 0. The molecule has 0 aliphatic heterocycles. The van der Waals surface area contributed by atoms with Gasteiger partial charge in [-0.3, -0.25) is 4.79 Å². The van der Waals surface area contributed by atoms with Crippen LogP contribution in [0.4, 0.5) is 5.69 Å². The van der Waals surface area contributed by atoms with Crippen molar-refractivity contribution < 1.29 is 23.3 Å². The number of amides is 1. The highest BCUT2D eigenvalue weighted by Crippen LogP contribution is 2.31. The van der Waals surface area contributed by atoms with Crippen molar-refractivity contribution in [3.8, 4) is 5.75 Å². The van der Waals surface area contributed by atoms with Crippen LogP contribution in [0.15, 0.2) is 120 Å². The van der Waals surface area contributed by atoms with Gasteiger partial charge >= 0.3 is 5.97 Å². The molecular weight excluding hydrogens is 669 g/mol. The number of carbonyl (C=O) groups excluding carboxylic acids is 2. The van der Waals surface area contributed by atoms with Crippen LogP contribution in [0, 0.1) is 20.8 Å². The van der Waals surface area contributed by atoms with E-state index in [-0.39, 0.29) is 43.2 Å². The Kier molecular flexibility index (Phi) is 12.5. The molecule has 270 valence electrons. The van der Waals surface area contributed by atoms with E-state index < -0.39 is 17.0 Å². The minimum absolute atomic E-state index is 0.0248. The Bertz CT molecular complexity index is 2000. The molecule has 0 aliphatic carbocycles. The van der Waals surface area contributed by atoms with E-state index in [0.29, 0.717) is 16.3 Å². The second-order valence-electron chi connectivity index (χ2n) is 14.2. The maximum atomic E-state index is 14.3. The van der Waals surface area contributed by atoms with Crippen molar-refractivity contribution in [2.24, 2.45) is 0 Å². The third-order valence-electron chi connectivity index (χ3n) is 8.83. The first-order valence-electron chi connectivity index (χ1n) is 17.4. The van der Waals surface area contributed by atoms with Crippen LogP contribution >= 0.6 is 0 Å². The molecule has 0 radical (unpaired) electrons. The maximum Gasteiger partial charge on any atom is 0.342 e. The summed E-state index contributed by atoms with van der Waals surface area (Å²) in [7, 11) is 0.128. The lowest BCUT2D eigenvalue weighted by atomic mass is 9.87. The van der Waals surface area contributed by atoms with E-state index in [1.807, 2.05) is 106 Å². The molecule has 5 aromatic carbocycles. The van der Waals surface area contributed by atoms with Crippen LogP contribution in [0.2, 0.25) is 0 Å². The first-order valence-corrected chi connectivity index (χ1v) is 18.5. The molecule has 0 bridgehead atoms. The number of hydrogen-bond acceptors (Lipinski definition) is 5. The molecule has 0 N–H and O–H groups in total. The molecule has 0 aromatic heterocycles. The largest absolute Gasteiger partial charge is 0.488 e. The number of benzene rings is 5. The van der Waals surface area contributed by atoms with Gasteiger partial charge in [0.1, 0.15) is 35.5 Å². The normalized spacial score (nSPS) is 12.0. The first-order chi connectivity index (χ1) is 24.8. The number of ether oxygens (including phenoxy) is 2.